The van der Waals surface area contributed by atoms with Gasteiger partial charge in [0.2, 0.25) is 0 Å². The summed E-state index contributed by atoms with van der Waals surface area (Å²) < 4.78 is 0. The smallest absolute Gasteiger partial charge is 0.00199 e. The third kappa shape index (κ3) is 6.01. The van der Waals surface area contributed by atoms with Gasteiger partial charge in [0.05, 0.1) is 0 Å². The molecule has 1 aliphatic rings. The molecule has 0 spiro atoms. The van der Waals surface area contributed by atoms with Crippen molar-refractivity contribution in [2.24, 2.45) is 5.92 Å². The lowest BCUT2D eigenvalue weighted by Gasteiger charge is -2.29. The van der Waals surface area contributed by atoms with Crippen LogP contribution in [0.4, 0.5) is 0 Å². The van der Waals surface area contributed by atoms with Gasteiger partial charge in [-0.15, -0.1) is 0 Å². The zero-order chi connectivity index (χ0) is 39.2. The van der Waals surface area contributed by atoms with Crippen molar-refractivity contribution in [2.45, 2.75) is 20.3 Å². The molecule has 0 fully saturated rings. The van der Waals surface area contributed by atoms with Crippen molar-refractivity contribution in [2.75, 3.05) is 0 Å². The van der Waals surface area contributed by atoms with E-state index in [2.05, 4.69) is 221 Å². The highest BCUT2D eigenvalue weighted by atomic mass is 14.3. The Kier molecular flexibility index (Phi) is 9.04. The summed E-state index contributed by atoms with van der Waals surface area (Å²) in [7, 11) is 0. The molecule has 276 valence electrons. The number of rotatable bonds is 7. The summed E-state index contributed by atoms with van der Waals surface area (Å²) in [4.78, 5) is 0. The number of allylic oxidation sites excluding steroid dienone is 5. The van der Waals surface area contributed by atoms with Gasteiger partial charge in [0.1, 0.15) is 0 Å². The molecule has 0 aromatic heterocycles. The monoisotopic (exact) mass is 740 g/mol. The Labute approximate surface area is 341 Å². The van der Waals surface area contributed by atoms with Crippen LogP contribution in [0, 0.1) is 5.92 Å². The van der Waals surface area contributed by atoms with Crippen molar-refractivity contribution < 1.29 is 0 Å². The highest BCUT2D eigenvalue weighted by Gasteiger charge is 2.26. The Morgan fingerprint density at radius 2 is 1.05 bits per heavy atom. The molecule has 0 radical (unpaired) electrons. The van der Waals surface area contributed by atoms with Crippen LogP contribution in [0.5, 0.6) is 0 Å². The first-order valence-electron chi connectivity index (χ1n) is 20.4. The average Bonchev–Trinajstić information content (AvgIpc) is 3.28. The van der Waals surface area contributed by atoms with E-state index in [1.165, 1.54) is 110 Å². The molecule has 0 nitrogen and oxygen atoms in total. The largest absolute Gasteiger partial charge is 0.0988 e. The maximum absolute atomic E-state index is 4.41. The van der Waals surface area contributed by atoms with Gasteiger partial charge in [-0.05, 0) is 136 Å². The molecule has 0 bridgehead atoms. The molecule has 1 atom stereocenters. The minimum atomic E-state index is 0.343. The molecule has 0 heterocycles. The third-order valence-corrected chi connectivity index (χ3v) is 12.2. The molecule has 1 aliphatic carbocycles. The van der Waals surface area contributed by atoms with Gasteiger partial charge in [-0.25, -0.2) is 0 Å². The fourth-order valence-corrected chi connectivity index (χ4v) is 9.67. The van der Waals surface area contributed by atoms with Crippen molar-refractivity contribution >= 4 is 43.5 Å². The maximum Gasteiger partial charge on any atom is -0.00199 e. The summed E-state index contributed by atoms with van der Waals surface area (Å²) >= 11 is 0. The molecule has 0 heteroatoms. The number of hydrogen-bond donors (Lipinski definition) is 0. The molecule has 1 unspecified atom stereocenters. The zero-order valence-corrected chi connectivity index (χ0v) is 33.0. The van der Waals surface area contributed by atoms with Crippen molar-refractivity contribution in [3.63, 3.8) is 0 Å². The van der Waals surface area contributed by atoms with Crippen LogP contribution in [-0.2, 0) is 6.42 Å². The van der Waals surface area contributed by atoms with E-state index in [4.69, 9.17) is 0 Å². The van der Waals surface area contributed by atoms with Crippen LogP contribution in [0.2, 0.25) is 0 Å². The second-order valence-corrected chi connectivity index (χ2v) is 15.7. The van der Waals surface area contributed by atoms with E-state index in [9.17, 15) is 0 Å². The standard InChI is InChI=1S/C58H44/c1-4-46-38(2)35-45-26-18-32-48(44-25-17-24-43(37-44)40-19-7-5-8-20-40)57(45)54(46)36-39(3)55-49-28-13-15-30-51(49)58(52-31-16-14-29-50(52)55)53-34-33-41-21-11-12-27-47(41)56(53)42-22-9-6-10-23-42/h4-34,36-38H,1,35H2,2-3H3/b39-36+. The molecule has 58 heavy (non-hydrogen) atoms. The minimum Gasteiger partial charge on any atom is -0.0988 e. The van der Waals surface area contributed by atoms with E-state index < -0.39 is 0 Å². The third-order valence-electron chi connectivity index (χ3n) is 12.2. The molecular weight excluding hydrogens is 697 g/mol. The van der Waals surface area contributed by atoms with Gasteiger partial charge >= 0.3 is 0 Å². The Bertz CT molecular complexity index is 3050. The molecule has 0 saturated heterocycles. The lowest BCUT2D eigenvalue weighted by atomic mass is 9.75. The van der Waals surface area contributed by atoms with E-state index in [1.54, 1.807) is 0 Å². The highest BCUT2D eigenvalue weighted by Crippen LogP contribution is 2.48. The SMILES string of the molecule is C=CC1=C(/C=C(\C)c2c3ccccc3c(-c3ccc4ccccc4c3-c3ccccc3)c3ccccc23)c2c(cccc2-c2cccc(-c3ccccc3)c2)CC1C. The van der Waals surface area contributed by atoms with Gasteiger partial charge in [-0.3, -0.25) is 0 Å². The van der Waals surface area contributed by atoms with Gasteiger partial charge in [0.25, 0.3) is 0 Å². The van der Waals surface area contributed by atoms with Crippen molar-refractivity contribution in [3.8, 4) is 44.5 Å². The predicted octanol–water partition coefficient (Wildman–Crippen LogP) is 16.0. The summed E-state index contributed by atoms with van der Waals surface area (Å²) in [6, 6.07) is 69.0. The Hall–Kier alpha value is -7.02. The topological polar surface area (TPSA) is 0 Å². The summed E-state index contributed by atoms with van der Waals surface area (Å²) in [5.41, 5.74) is 17.7. The Morgan fingerprint density at radius 3 is 1.74 bits per heavy atom. The molecule has 9 aromatic rings. The van der Waals surface area contributed by atoms with Crippen LogP contribution < -0.4 is 0 Å². The normalized spacial score (nSPS) is 14.2. The van der Waals surface area contributed by atoms with Gasteiger partial charge in [0, 0.05) is 0 Å². The summed E-state index contributed by atoms with van der Waals surface area (Å²) in [5.74, 6) is 0.343. The summed E-state index contributed by atoms with van der Waals surface area (Å²) in [6.07, 6.45) is 5.55. The highest BCUT2D eigenvalue weighted by molar-refractivity contribution is 6.22. The summed E-state index contributed by atoms with van der Waals surface area (Å²) in [5, 5.41) is 7.53. The lowest BCUT2D eigenvalue weighted by Crippen LogP contribution is -2.13. The Balaban J connectivity index is 1.22. The van der Waals surface area contributed by atoms with Crippen molar-refractivity contribution in [1.82, 2.24) is 0 Å². The first-order chi connectivity index (χ1) is 28.6. The van der Waals surface area contributed by atoms with Gasteiger partial charge in [0.15, 0.2) is 0 Å². The maximum atomic E-state index is 4.41. The molecule has 0 saturated carbocycles. The Morgan fingerprint density at radius 1 is 0.483 bits per heavy atom. The zero-order valence-electron chi connectivity index (χ0n) is 33.0. The number of hydrogen-bond acceptors (Lipinski definition) is 0. The van der Waals surface area contributed by atoms with Crippen molar-refractivity contribution in [3.05, 3.63) is 229 Å². The number of fused-ring (bicyclic) bond motifs is 4. The van der Waals surface area contributed by atoms with Crippen LogP contribution in [-0.4, -0.2) is 0 Å². The summed E-state index contributed by atoms with van der Waals surface area (Å²) in [6.45, 7) is 9.06. The minimum absolute atomic E-state index is 0.343. The molecule has 0 aliphatic heterocycles. The van der Waals surface area contributed by atoms with Crippen molar-refractivity contribution in [1.29, 1.82) is 0 Å². The van der Waals surface area contributed by atoms with Crippen LogP contribution >= 0.6 is 0 Å². The average molecular weight is 741 g/mol. The van der Waals surface area contributed by atoms with Gasteiger partial charge in [-0.1, -0.05) is 208 Å². The van der Waals surface area contributed by atoms with Gasteiger partial charge < -0.3 is 0 Å². The van der Waals surface area contributed by atoms with Crippen LogP contribution in [0.15, 0.2) is 212 Å². The van der Waals surface area contributed by atoms with E-state index in [0.717, 1.165) is 6.42 Å². The van der Waals surface area contributed by atoms with Crippen LogP contribution in [0.3, 0.4) is 0 Å². The second kappa shape index (κ2) is 14.8. The van der Waals surface area contributed by atoms with E-state index in [0.29, 0.717) is 5.92 Å². The van der Waals surface area contributed by atoms with E-state index in [1.807, 2.05) is 0 Å². The lowest BCUT2D eigenvalue weighted by molar-refractivity contribution is 0.685. The molecule has 0 N–H and O–H groups in total. The second-order valence-electron chi connectivity index (χ2n) is 15.7. The van der Waals surface area contributed by atoms with Gasteiger partial charge in [-0.2, -0.15) is 0 Å². The fourth-order valence-electron chi connectivity index (χ4n) is 9.67. The first-order valence-corrected chi connectivity index (χ1v) is 20.4. The van der Waals surface area contributed by atoms with E-state index in [-0.39, 0.29) is 0 Å². The first kappa shape index (κ1) is 35.4. The van der Waals surface area contributed by atoms with Crippen LogP contribution in [0.25, 0.3) is 88.0 Å². The number of benzene rings is 9. The van der Waals surface area contributed by atoms with Crippen LogP contribution in [0.1, 0.15) is 30.5 Å². The molecule has 9 aromatic carbocycles. The molecule has 0 amide bonds. The molecular formula is C58H44. The predicted molar refractivity (Wildman–Crippen MR) is 251 cm³/mol. The van der Waals surface area contributed by atoms with E-state index >= 15 is 0 Å². The quantitative estimate of drug-likeness (QED) is 0.143. The fraction of sp³-hybridized carbons (Fsp3) is 0.0690. The molecule has 10 rings (SSSR count).